The van der Waals surface area contributed by atoms with Crippen LogP contribution in [-0.4, -0.2) is 35.1 Å². The number of nitrogens with zero attached hydrogens (tertiary/aromatic N) is 2. The fourth-order valence-electron chi connectivity index (χ4n) is 3.61. The van der Waals surface area contributed by atoms with Crippen LogP contribution in [0.15, 0.2) is 59.2 Å². The van der Waals surface area contributed by atoms with E-state index >= 15 is 0 Å². The quantitative estimate of drug-likeness (QED) is 0.855. The summed E-state index contributed by atoms with van der Waals surface area (Å²) in [5.74, 6) is 0.287. The molecule has 1 N–H and O–H groups in total. The van der Waals surface area contributed by atoms with Gasteiger partial charge in [0, 0.05) is 24.4 Å². The number of likely N-dealkylation sites (tertiary alicyclic amines) is 1. The maximum atomic E-state index is 13.2. The number of rotatable bonds is 4. The smallest absolute Gasteiger partial charge is 0.273 e. The number of carbonyl (C=O) groups excluding carboxylic acids is 1. The van der Waals surface area contributed by atoms with Crippen molar-refractivity contribution in [1.82, 2.24) is 10.2 Å². The summed E-state index contributed by atoms with van der Waals surface area (Å²) in [4.78, 5) is 19.9. The van der Waals surface area contributed by atoms with Gasteiger partial charge in [0.2, 0.25) is 0 Å². The molecule has 2 aliphatic heterocycles. The van der Waals surface area contributed by atoms with Crippen LogP contribution in [0.25, 0.3) is 0 Å². The number of hydrogen-bond acceptors (Lipinski definition) is 3. The Morgan fingerprint density at radius 3 is 2.64 bits per heavy atom. The molecule has 4 heteroatoms. The lowest BCUT2D eigenvalue weighted by atomic mass is 9.93. The molecule has 1 aromatic rings. The number of nitrogens with one attached hydrogen (secondary N) is 1. The molecule has 4 nitrogen and oxygen atoms in total. The van der Waals surface area contributed by atoms with Crippen LogP contribution in [0.2, 0.25) is 0 Å². The van der Waals surface area contributed by atoms with Gasteiger partial charge in [-0.3, -0.25) is 9.79 Å². The van der Waals surface area contributed by atoms with Crippen LogP contribution in [0, 0.1) is 5.92 Å². The van der Waals surface area contributed by atoms with Crippen LogP contribution in [0.5, 0.6) is 0 Å². The molecule has 2 heterocycles. The highest BCUT2D eigenvalue weighted by Crippen LogP contribution is 2.40. The lowest BCUT2D eigenvalue weighted by Gasteiger charge is -2.27. The number of allylic oxidation sites excluding steroid dienone is 1. The van der Waals surface area contributed by atoms with Crippen LogP contribution >= 0.6 is 0 Å². The second-order valence-corrected chi connectivity index (χ2v) is 7.67. The molecule has 0 aliphatic carbocycles. The number of amides is 1. The molecule has 1 unspecified atom stereocenters. The van der Waals surface area contributed by atoms with Gasteiger partial charge in [-0.05, 0) is 25.3 Å². The Bertz CT molecular complexity index is 744. The number of hydrogen-bond donors (Lipinski definition) is 1. The third-order valence-electron chi connectivity index (χ3n) is 4.74. The second-order valence-electron chi connectivity index (χ2n) is 7.67. The molecule has 3 rings (SSSR count). The minimum atomic E-state index is -0.321. The summed E-state index contributed by atoms with van der Waals surface area (Å²) in [6, 6.07) is 10.1. The van der Waals surface area contributed by atoms with E-state index in [1.54, 1.807) is 6.08 Å². The summed E-state index contributed by atoms with van der Waals surface area (Å²) in [7, 11) is 0. The van der Waals surface area contributed by atoms with Gasteiger partial charge >= 0.3 is 0 Å². The average molecular weight is 337 g/mol. The van der Waals surface area contributed by atoms with Crippen molar-refractivity contribution >= 4 is 11.6 Å². The summed E-state index contributed by atoms with van der Waals surface area (Å²) in [5.41, 5.74) is 3.54. The summed E-state index contributed by atoms with van der Waals surface area (Å²) in [6.45, 7) is 13.5. The van der Waals surface area contributed by atoms with Crippen molar-refractivity contribution in [3.05, 3.63) is 59.8 Å². The Hall–Kier alpha value is -2.36. The molecule has 0 aromatic heterocycles. The minimum absolute atomic E-state index is 0.00122. The Kier molecular flexibility index (Phi) is 4.55. The van der Waals surface area contributed by atoms with Gasteiger partial charge in [-0.2, -0.15) is 0 Å². The van der Waals surface area contributed by atoms with Crippen molar-refractivity contribution < 1.29 is 4.79 Å². The molecule has 1 aromatic carbocycles. The topological polar surface area (TPSA) is 44.7 Å². The predicted octanol–water partition coefficient (Wildman–Crippen LogP) is 3.49. The molecule has 0 spiro atoms. The molecule has 1 saturated heterocycles. The van der Waals surface area contributed by atoms with E-state index in [0.717, 1.165) is 23.4 Å². The fourth-order valence-corrected chi connectivity index (χ4v) is 3.61. The summed E-state index contributed by atoms with van der Waals surface area (Å²) in [6.07, 6.45) is 1.79. The minimum Gasteiger partial charge on any atom is -0.385 e. The highest BCUT2D eigenvalue weighted by Gasteiger charge is 2.45. The largest absolute Gasteiger partial charge is 0.385 e. The van der Waals surface area contributed by atoms with E-state index in [4.69, 9.17) is 4.99 Å². The van der Waals surface area contributed by atoms with Crippen LogP contribution in [0.4, 0.5) is 0 Å². The first-order valence-electron chi connectivity index (χ1n) is 8.90. The van der Waals surface area contributed by atoms with Gasteiger partial charge in [-0.1, -0.05) is 50.3 Å². The lowest BCUT2D eigenvalue weighted by Crippen LogP contribution is -2.35. The summed E-state index contributed by atoms with van der Waals surface area (Å²) < 4.78 is 0. The normalized spacial score (nSPS) is 22.4. The summed E-state index contributed by atoms with van der Waals surface area (Å²) in [5, 5.41) is 3.59. The molecule has 1 fully saturated rings. The Balaban J connectivity index is 2.26. The van der Waals surface area contributed by atoms with Crippen LogP contribution < -0.4 is 5.32 Å². The lowest BCUT2D eigenvalue weighted by molar-refractivity contribution is -0.123. The monoisotopic (exact) mass is 337 g/mol. The van der Waals surface area contributed by atoms with Crippen molar-refractivity contribution in [1.29, 1.82) is 0 Å². The summed E-state index contributed by atoms with van der Waals surface area (Å²) >= 11 is 0. The second kappa shape index (κ2) is 6.51. The number of fused-ring (bicyclic) bond motifs is 1. The molecule has 1 atom stereocenters. The van der Waals surface area contributed by atoms with Crippen molar-refractivity contribution in [3.63, 3.8) is 0 Å². The van der Waals surface area contributed by atoms with Gasteiger partial charge in [-0.25, -0.2) is 0 Å². The van der Waals surface area contributed by atoms with Crippen LogP contribution in [0.3, 0.4) is 0 Å². The molecule has 0 radical (unpaired) electrons. The maximum Gasteiger partial charge on any atom is 0.273 e. The SMILES string of the molecule is C=CCN1C(=O)C2=NC(C)(C)CNC(C(C)C)=C2C1c1ccccc1. The first kappa shape index (κ1) is 17.5. The van der Waals surface area contributed by atoms with Gasteiger partial charge in [0.05, 0.1) is 11.6 Å². The highest BCUT2D eigenvalue weighted by molar-refractivity contribution is 6.48. The van der Waals surface area contributed by atoms with Gasteiger partial charge in [-0.15, -0.1) is 6.58 Å². The van der Waals surface area contributed by atoms with Crippen molar-refractivity contribution in [2.24, 2.45) is 10.9 Å². The van der Waals surface area contributed by atoms with Gasteiger partial charge in [0.15, 0.2) is 0 Å². The van der Waals surface area contributed by atoms with E-state index in [9.17, 15) is 4.79 Å². The van der Waals surface area contributed by atoms with Crippen LogP contribution in [0.1, 0.15) is 39.3 Å². The molecule has 1 amide bonds. The standard InChI is InChI=1S/C21H27N3O/c1-6-12-24-19(15-10-8-7-9-11-15)16-17(14(2)3)22-13-21(4,5)23-18(16)20(24)25/h6-11,14,19,22H,1,12-13H2,2-5H3. The fraction of sp³-hybridized carbons (Fsp3) is 0.429. The van der Waals surface area contributed by atoms with Crippen molar-refractivity contribution in [3.8, 4) is 0 Å². The zero-order valence-corrected chi connectivity index (χ0v) is 15.5. The first-order valence-corrected chi connectivity index (χ1v) is 8.90. The molecular formula is C21H27N3O. The van der Waals surface area contributed by atoms with Crippen molar-refractivity contribution in [2.45, 2.75) is 39.3 Å². The number of aliphatic imine (C=N–C) groups is 1. The number of benzene rings is 1. The molecule has 0 bridgehead atoms. The van der Waals surface area contributed by atoms with Crippen molar-refractivity contribution in [2.75, 3.05) is 13.1 Å². The molecular weight excluding hydrogens is 310 g/mol. The molecule has 132 valence electrons. The third kappa shape index (κ3) is 3.13. The zero-order chi connectivity index (χ0) is 18.2. The highest BCUT2D eigenvalue weighted by atomic mass is 16.2. The third-order valence-corrected chi connectivity index (χ3v) is 4.74. The van der Waals surface area contributed by atoms with Crippen LogP contribution in [-0.2, 0) is 4.79 Å². The Labute approximate surface area is 150 Å². The zero-order valence-electron chi connectivity index (χ0n) is 15.5. The van der Waals surface area contributed by atoms with Gasteiger partial charge in [0.25, 0.3) is 5.91 Å². The van der Waals surface area contributed by atoms with E-state index in [1.165, 1.54) is 0 Å². The first-order chi connectivity index (χ1) is 11.9. The Morgan fingerprint density at radius 2 is 2.04 bits per heavy atom. The average Bonchev–Trinajstić information content (AvgIpc) is 2.73. The van der Waals surface area contributed by atoms with Gasteiger partial charge in [0.1, 0.15) is 5.71 Å². The van der Waals surface area contributed by atoms with E-state index in [2.05, 4.69) is 51.7 Å². The van der Waals surface area contributed by atoms with E-state index < -0.39 is 0 Å². The van der Waals surface area contributed by atoms with E-state index in [-0.39, 0.29) is 23.4 Å². The molecule has 2 aliphatic rings. The Morgan fingerprint density at radius 1 is 1.36 bits per heavy atom. The van der Waals surface area contributed by atoms with Gasteiger partial charge < -0.3 is 10.2 Å². The predicted molar refractivity (Wildman–Crippen MR) is 102 cm³/mol. The molecule has 25 heavy (non-hydrogen) atoms. The molecule has 0 saturated carbocycles. The maximum absolute atomic E-state index is 13.2. The van der Waals surface area contributed by atoms with E-state index in [0.29, 0.717) is 12.3 Å². The number of carbonyl (C=O) groups is 1. The van der Waals surface area contributed by atoms with E-state index in [1.807, 2.05) is 23.1 Å².